The lowest BCUT2D eigenvalue weighted by atomic mass is 10.3. The summed E-state index contributed by atoms with van der Waals surface area (Å²) in [5, 5.41) is 7.49. The fraction of sp³-hybridized carbons (Fsp3) is 0.417. The molecular formula is C12H17N5. The maximum absolute atomic E-state index is 4.29. The number of hydrogen-bond acceptors (Lipinski definition) is 4. The molecule has 0 amide bonds. The predicted molar refractivity (Wildman–Crippen MR) is 67.7 cm³/mol. The van der Waals surface area contributed by atoms with Gasteiger partial charge in [-0.05, 0) is 19.4 Å². The van der Waals surface area contributed by atoms with Crippen molar-refractivity contribution >= 4 is 5.82 Å². The van der Waals surface area contributed by atoms with Gasteiger partial charge in [0, 0.05) is 25.4 Å². The number of nitrogens with one attached hydrogen (secondary N) is 1. The molecule has 0 aliphatic carbocycles. The number of hydrogen-bond donors (Lipinski definition) is 1. The predicted octanol–water partition coefficient (Wildman–Crippen LogP) is 2.18. The molecule has 0 saturated heterocycles. The molecule has 90 valence electrons. The van der Waals surface area contributed by atoms with Gasteiger partial charge in [-0.25, -0.2) is 9.97 Å². The summed E-state index contributed by atoms with van der Waals surface area (Å²) in [7, 11) is 0. The Hall–Kier alpha value is -1.91. The highest BCUT2D eigenvalue weighted by Gasteiger charge is 2.06. The highest BCUT2D eigenvalue weighted by molar-refractivity contribution is 5.58. The molecule has 2 aromatic rings. The van der Waals surface area contributed by atoms with Crippen LogP contribution in [0, 0.1) is 0 Å². The Morgan fingerprint density at radius 1 is 1.29 bits per heavy atom. The normalized spacial score (nSPS) is 10.5. The Labute approximate surface area is 101 Å². The summed E-state index contributed by atoms with van der Waals surface area (Å²) in [4.78, 5) is 8.48. The maximum Gasteiger partial charge on any atom is 0.130 e. The first kappa shape index (κ1) is 11.6. The van der Waals surface area contributed by atoms with E-state index in [0.29, 0.717) is 0 Å². The third-order valence-electron chi connectivity index (χ3n) is 2.50. The minimum absolute atomic E-state index is 0.837. The Morgan fingerprint density at radius 2 is 2.18 bits per heavy atom. The Kier molecular flexibility index (Phi) is 3.69. The van der Waals surface area contributed by atoms with Crippen molar-refractivity contribution in [1.29, 1.82) is 0 Å². The molecule has 0 aliphatic heterocycles. The first-order valence-electron chi connectivity index (χ1n) is 5.93. The van der Waals surface area contributed by atoms with E-state index in [0.717, 1.165) is 36.7 Å². The van der Waals surface area contributed by atoms with E-state index in [4.69, 9.17) is 0 Å². The summed E-state index contributed by atoms with van der Waals surface area (Å²) in [5.41, 5.74) is 1.92. The molecule has 2 heterocycles. The van der Waals surface area contributed by atoms with Crippen molar-refractivity contribution in [2.75, 3.05) is 11.9 Å². The molecule has 0 spiro atoms. The second kappa shape index (κ2) is 5.43. The molecule has 2 rings (SSSR count). The lowest BCUT2D eigenvalue weighted by molar-refractivity contribution is 0.665. The van der Waals surface area contributed by atoms with Crippen molar-refractivity contribution in [1.82, 2.24) is 19.7 Å². The zero-order valence-electron chi connectivity index (χ0n) is 10.2. The van der Waals surface area contributed by atoms with E-state index >= 15 is 0 Å². The van der Waals surface area contributed by atoms with Gasteiger partial charge in [-0.3, -0.25) is 4.68 Å². The van der Waals surface area contributed by atoms with Gasteiger partial charge in [0.15, 0.2) is 0 Å². The van der Waals surface area contributed by atoms with Crippen LogP contribution in [0.4, 0.5) is 5.82 Å². The highest BCUT2D eigenvalue weighted by atomic mass is 15.3. The summed E-state index contributed by atoms with van der Waals surface area (Å²) in [6.07, 6.45) is 4.45. The number of aromatic nitrogens is 4. The van der Waals surface area contributed by atoms with Crippen molar-refractivity contribution in [2.24, 2.45) is 0 Å². The first-order chi connectivity index (χ1) is 8.35. The van der Waals surface area contributed by atoms with Crippen LogP contribution in [0.5, 0.6) is 0 Å². The van der Waals surface area contributed by atoms with Gasteiger partial charge in [-0.15, -0.1) is 0 Å². The lowest BCUT2D eigenvalue weighted by Gasteiger charge is -2.06. The van der Waals surface area contributed by atoms with Gasteiger partial charge in [0.2, 0.25) is 0 Å². The van der Waals surface area contributed by atoms with Gasteiger partial charge < -0.3 is 5.32 Å². The van der Waals surface area contributed by atoms with Crippen molar-refractivity contribution in [3.63, 3.8) is 0 Å². The van der Waals surface area contributed by atoms with Crippen LogP contribution in [0.3, 0.4) is 0 Å². The molecule has 0 unspecified atom stereocenters. The van der Waals surface area contributed by atoms with Crippen LogP contribution in [0.25, 0.3) is 11.4 Å². The molecule has 0 aliphatic rings. The first-order valence-corrected chi connectivity index (χ1v) is 5.93. The number of nitrogens with zero attached hydrogens (tertiary/aromatic N) is 4. The standard InChI is InChI=1S/C12H17N5/c1-3-6-13-12-8-10(14-9-15-12)11-5-7-16-17(11)4-2/h5,7-9H,3-4,6H2,1-2H3,(H,13,14,15). The van der Waals surface area contributed by atoms with Gasteiger partial charge in [0.05, 0.1) is 11.4 Å². The number of aryl methyl sites for hydroxylation is 1. The van der Waals surface area contributed by atoms with Crippen LogP contribution >= 0.6 is 0 Å². The SMILES string of the molecule is CCCNc1cc(-c2ccnn2CC)ncn1. The molecule has 0 fully saturated rings. The second-order valence-corrected chi connectivity index (χ2v) is 3.75. The summed E-state index contributed by atoms with van der Waals surface area (Å²) < 4.78 is 1.92. The van der Waals surface area contributed by atoms with Gasteiger partial charge in [-0.2, -0.15) is 5.10 Å². The van der Waals surface area contributed by atoms with Crippen molar-refractivity contribution in [2.45, 2.75) is 26.8 Å². The molecule has 0 atom stereocenters. The summed E-state index contributed by atoms with van der Waals surface area (Å²) in [6.45, 7) is 5.95. The fourth-order valence-electron chi connectivity index (χ4n) is 1.65. The van der Waals surface area contributed by atoms with Crippen LogP contribution in [-0.2, 0) is 6.54 Å². The van der Waals surface area contributed by atoms with E-state index in [1.807, 2.05) is 16.8 Å². The van der Waals surface area contributed by atoms with E-state index in [1.54, 1.807) is 12.5 Å². The van der Waals surface area contributed by atoms with Crippen molar-refractivity contribution in [3.8, 4) is 11.4 Å². The van der Waals surface area contributed by atoms with Gasteiger partial charge in [0.1, 0.15) is 12.1 Å². The van der Waals surface area contributed by atoms with E-state index < -0.39 is 0 Å². The van der Waals surface area contributed by atoms with Crippen LogP contribution < -0.4 is 5.32 Å². The molecule has 2 aromatic heterocycles. The molecule has 0 saturated carbocycles. The molecule has 1 N–H and O–H groups in total. The molecule has 0 radical (unpaired) electrons. The minimum Gasteiger partial charge on any atom is -0.370 e. The lowest BCUT2D eigenvalue weighted by Crippen LogP contribution is -2.04. The topological polar surface area (TPSA) is 55.6 Å². The molecular weight excluding hydrogens is 214 g/mol. The third-order valence-corrected chi connectivity index (χ3v) is 2.50. The average molecular weight is 231 g/mol. The van der Waals surface area contributed by atoms with Gasteiger partial charge in [-0.1, -0.05) is 6.92 Å². The van der Waals surface area contributed by atoms with Crippen LogP contribution in [0.15, 0.2) is 24.7 Å². The van der Waals surface area contributed by atoms with E-state index in [9.17, 15) is 0 Å². The average Bonchev–Trinajstić information content (AvgIpc) is 2.85. The minimum atomic E-state index is 0.837. The zero-order valence-corrected chi connectivity index (χ0v) is 10.2. The molecule has 0 aromatic carbocycles. The monoisotopic (exact) mass is 231 g/mol. The van der Waals surface area contributed by atoms with E-state index in [-0.39, 0.29) is 0 Å². The summed E-state index contributed by atoms with van der Waals surface area (Å²) in [5.74, 6) is 0.862. The second-order valence-electron chi connectivity index (χ2n) is 3.75. The largest absolute Gasteiger partial charge is 0.370 e. The van der Waals surface area contributed by atoms with Crippen LogP contribution in [0.2, 0.25) is 0 Å². The maximum atomic E-state index is 4.29. The quantitative estimate of drug-likeness (QED) is 0.857. The number of anilines is 1. The summed E-state index contributed by atoms with van der Waals surface area (Å²) >= 11 is 0. The molecule has 17 heavy (non-hydrogen) atoms. The molecule has 0 bridgehead atoms. The zero-order chi connectivity index (χ0) is 12.1. The van der Waals surface area contributed by atoms with E-state index in [1.165, 1.54) is 0 Å². The Morgan fingerprint density at radius 3 is 2.94 bits per heavy atom. The Balaban J connectivity index is 2.26. The number of rotatable bonds is 5. The smallest absolute Gasteiger partial charge is 0.130 e. The van der Waals surface area contributed by atoms with Crippen molar-refractivity contribution < 1.29 is 0 Å². The van der Waals surface area contributed by atoms with Crippen LogP contribution in [0.1, 0.15) is 20.3 Å². The molecule has 5 heteroatoms. The Bertz CT molecular complexity index is 477. The highest BCUT2D eigenvalue weighted by Crippen LogP contribution is 2.18. The van der Waals surface area contributed by atoms with E-state index in [2.05, 4.69) is 34.2 Å². The third kappa shape index (κ3) is 2.61. The van der Waals surface area contributed by atoms with Crippen molar-refractivity contribution in [3.05, 3.63) is 24.7 Å². The van der Waals surface area contributed by atoms with Crippen LogP contribution in [-0.4, -0.2) is 26.3 Å². The van der Waals surface area contributed by atoms with Gasteiger partial charge in [0.25, 0.3) is 0 Å². The van der Waals surface area contributed by atoms with Gasteiger partial charge >= 0.3 is 0 Å². The molecule has 5 nitrogen and oxygen atoms in total. The summed E-state index contributed by atoms with van der Waals surface area (Å²) in [6, 6.07) is 3.92. The fourth-order valence-corrected chi connectivity index (χ4v) is 1.65.